The number of H-pyrrole nitrogens is 1. The van der Waals surface area contributed by atoms with E-state index in [4.69, 9.17) is 4.74 Å². The SMILES string of the molecule is COc1cccc(NC(=O)c2ccc3[nH]c4c(c3c2)C[C@H](C)CC4)c1. The van der Waals surface area contributed by atoms with Gasteiger partial charge in [0.05, 0.1) is 7.11 Å². The van der Waals surface area contributed by atoms with Crippen LogP contribution in [0.15, 0.2) is 42.5 Å². The Balaban J connectivity index is 1.64. The number of methoxy groups -OCH3 is 1. The van der Waals surface area contributed by atoms with Gasteiger partial charge >= 0.3 is 0 Å². The Morgan fingerprint density at radius 3 is 2.96 bits per heavy atom. The largest absolute Gasteiger partial charge is 0.497 e. The van der Waals surface area contributed by atoms with Gasteiger partial charge < -0.3 is 15.0 Å². The second kappa shape index (κ2) is 6.28. The number of aryl methyl sites for hydroxylation is 1. The molecule has 2 aromatic carbocycles. The number of benzene rings is 2. The van der Waals surface area contributed by atoms with Crippen LogP contribution in [0.1, 0.15) is 35.0 Å². The number of nitrogens with one attached hydrogen (secondary N) is 2. The van der Waals surface area contributed by atoms with E-state index < -0.39 is 0 Å². The van der Waals surface area contributed by atoms with E-state index in [0.717, 1.165) is 29.8 Å². The third kappa shape index (κ3) is 3.00. The summed E-state index contributed by atoms with van der Waals surface area (Å²) in [5.41, 5.74) is 5.24. The van der Waals surface area contributed by atoms with E-state index in [1.807, 2.05) is 42.5 Å². The van der Waals surface area contributed by atoms with Crippen molar-refractivity contribution < 1.29 is 9.53 Å². The Hall–Kier alpha value is -2.75. The van der Waals surface area contributed by atoms with Crippen molar-refractivity contribution in [2.45, 2.75) is 26.2 Å². The molecule has 3 aromatic rings. The number of carbonyl (C=O) groups is 1. The smallest absolute Gasteiger partial charge is 0.255 e. The molecule has 0 spiro atoms. The summed E-state index contributed by atoms with van der Waals surface area (Å²) in [6.07, 6.45) is 3.40. The lowest BCUT2D eigenvalue weighted by molar-refractivity contribution is 0.102. The minimum atomic E-state index is -0.103. The minimum Gasteiger partial charge on any atom is -0.497 e. The molecule has 0 unspecified atom stereocenters. The van der Waals surface area contributed by atoms with Crippen LogP contribution in [0.25, 0.3) is 10.9 Å². The monoisotopic (exact) mass is 334 g/mol. The molecule has 0 bridgehead atoms. The van der Waals surface area contributed by atoms with Crippen molar-refractivity contribution in [3.05, 3.63) is 59.3 Å². The molecule has 1 heterocycles. The van der Waals surface area contributed by atoms with Gasteiger partial charge in [-0.05, 0) is 61.1 Å². The molecule has 0 aliphatic heterocycles. The summed E-state index contributed by atoms with van der Waals surface area (Å²) in [7, 11) is 1.62. The van der Waals surface area contributed by atoms with Crippen molar-refractivity contribution >= 4 is 22.5 Å². The number of carbonyl (C=O) groups excluding carboxylic acids is 1. The third-order valence-electron chi connectivity index (χ3n) is 5.02. The zero-order valence-corrected chi connectivity index (χ0v) is 14.6. The highest BCUT2D eigenvalue weighted by molar-refractivity contribution is 6.06. The number of ether oxygens (including phenoxy) is 1. The fraction of sp³-hybridized carbons (Fsp3) is 0.286. The van der Waals surface area contributed by atoms with Crippen molar-refractivity contribution in [3.63, 3.8) is 0 Å². The molecule has 4 heteroatoms. The molecule has 0 saturated heterocycles. The van der Waals surface area contributed by atoms with E-state index in [1.165, 1.54) is 23.1 Å². The number of hydrogen-bond donors (Lipinski definition) is 2. The van der Waals surface area contributed by atoms with E-state index in [9.17, 15) is 4.79 Å². The number of rotatable bonds is 3. The first-order valence-corrected chi connectivity index (χ1v) is 8.73. The van der Waals surface area contributed by atoms with Crippen LogP contribution >= 0.6 is 0 Å². The van der Waals surface area contributed by atoms with Gasteiger partial charge in [-0.15, -0.1) is 0 Å². The molecule has 2 N–H and O–H groups in total. The number of hydrogen-bond acceptors (Lipinski definition) is 2. The van der Waals surface area contributed by atoms with Crippen LogP contribution in [0.4, 0.5) is 5.69 Å². The Morgan fingerprint density at radius 2 is 2.12 bits per heavy atom. The first-order valence-electron chi connectivity index (χ1n) is 8.73. The van der Waals surface area contributed by atoms with Crippen LogP contribution in [0.3, 0.4) is 0 Å². The lowest BCUT2D eigenvalue weighted by Crippen LogP contribution is -2.12. The number of aromatic amines is 1. The highest BCUT2D eigenvalue weighted by atomic mass is 16.5. The summed E-state index contributed by atoms with van der Waals surface area (Å²) >= 11 is 0. The van der Waals surface area contributed by atoms with Crippen molar-refractivity contribution in [2.24, 2.45) is 5.92 Å². The molecule has 0 saturated carbocycles. The summed E-state index contributed by atoms with van der Waals surface area (Å²) < 4.78 is 5.21. The van der Waals surface area contributed by atoms with Crippen LogP contribution in [-0.4, -0.2) is 18.0 Å². The Kier molecular flexibility index (Phi) is 3.96. The van der Waals surface area contributed by atoms with Gasteiger partial charge in [-0.25, -0.2) is 0 Å². The molecule has 4 rings (SSSR count). The van der Waals surface area contributed by atoms with Crippen LogP contribution in [-0.2, 0) is 12.8 Å². The summed E-state index contributed by atoms with van der Waals surface area (Å²) in [5.74, 6) is 1.32. The summed E-state index contributed by atoms with van der Waals surface area (Å²) in [4.78, 5) is 16.2. The van der Waals surface area contributed by atoms with E-state index >= 15 is 0 Å². The quantitative estimate of drug-likeness (QED) is 0.738. The van der Waals surface area contributed by atoms with Gasteiger partial charge in [0.2, 0.25) is 0 Å². The van der Waals surface area contributed by atoms with Gasteiger partial charge in [-0.2, -0.15) is 0 Å². The first-order chi connectivity index (χ1) is 12.1. The Labute approximate surface area is 147 Å². The molecule has 1 aliphatic carbocycles. The molecule has 4 nitrogen and oxygen atoms in total. The molecule has 0 radical (unpaired) electrons. The molecular formula is C21H22N2O2. The lowest BCUT2D eigenvalue weighted by atomic mass is 9.87. The van der Waals surface area contributed by atoms with Gasteiger partial charge in [-0.3, -0.25) is 4.79 Å². The molecule has 0 fully saturated rings. The summed E-state index contributed by atoms with van der Waals surface area (Å²) in [5, 5.41) is 4.13. The fourth-order valence-electron chi connectivity index (χ4n) is 3.64. The van der Waals surface area contributed by atoms with Gasteiger partial charge in [0.25, 0.3) is 5.91 Å². The number of fused-ring (bicyclic) bond motifs is 3. The highest BCUT2D eigenvalue weighted by Crippen LogP contribution is 2.32. The zero-order chi connectivity index (χ0) is 17.4. The van der Waals surface area contributed by atoms with Crippen LogP contribution < -0.4 is 10.1 Å². The topological polar surface area (TPSA) is 54.1 Å². The maximum absolute atomic E-state index is 12.6. The number of amides is 1. The minimum absolute atomic E-state index is 0.103. The molecule has 1 amide bonds. The van der Waals surface area contributed by atoms with Crippen LogP contribution in [0.2, 0.25) is 0 Å². The fourth-order valence-corrected chi connectivity index (χ4v) is 3.64. The lowest BCUT2D eigenvalue weighted by Gasteiger charge is -2.18. The van der Waals surface area contributed by atoms with Crippen LogP contribution in [0, 0.1) is 5.92 Å². The van der Waals surface area contributed by atoms with E-state index in [0.29, 0.717) is 11.5 Å². The standard InChI is InChI=1S/C21H22N2O2/c1-13-6-8-19-17(10-13)18-11-14(7-9-20(18)23-19)21(24)22-15-4-3-5-16(12-15)25-2/h3-5,7,9,11-13,23H,6,8,10H2,1-2H3,(H,22,24)/t13-/m1/s1. The van der Waals surface area contributed by atoms with Gasteiger partial charge in [-0.1, -0.05) is 13.0 Å². The first kappa shape index (κ1) is 15.8. The normalized spacial score (nSPS) is 16.5. The van der Waals surface area contributed by atoms with E-state index in [2.05, 4.69) is 17.2 Å². The van der Waals surface area contributed by atoms with Crippen molar-refractivity contribution in [1.29, 1.82) is 0 Å². The molecule has 1 aromatic heterocycles. The van der Waals surface area contributed by atoms with Crippen LogP contribution in [0.5, 0.6) is 5.75 Å². The van der Waals surface area contributed by atoms with Crippen molar-refractivity contribution in [3.8, 4) is 5.75 Å². The second-order valence-corrected chi connectivity index (χ2v) is 6.88. The van der Waals surface area contributed by atoms with E-state index in [-0.39, 0.29) is 5.91 Å². The molecule has 1 atom stereocenters. The average Bonchev–Trinajstić information content (AvgIpc) is 2.99. The maximum Gasteiger partial charge on any atom is 0.255 e. The Bertz CT molecular complexity index is 942. The van der Waals surface area contributed by atoms with Gasteiger partial charge in [0, 0.05) is 33.9 Å². The van der Waals surface area contributed by atoms with Gasteiger partial charge in [0.15, 0.2) is 0 Å². The molecular weight excluding hydrogens is 312 g/mol. The number of anilines is 1. The zero-order valence-electron chi connectivity index (χ0n) is 14.6. The second-order valence-electron chi connectivity index (χ2n) is 6.88. The number of aromatic nitrogens is 1. The average molecular weight is 334 g/mol. The molecule has 128 valence electrons. The maximum atomic E-state index is 12.6. The Morgan fingerprint density at radius 1 is 1.24 bits per heavy atom. The third-order valence-corrected chi connectivity index (χ3v) is 5.02. The van der Waals surface area contributed by atoms with E-state index in [1.54, 1.807) is 7.11 Å². The summed E-state index contributed by atoms with van der Waals surface area (Å²) in [6, 6.07) is 13.3. The van der Waals surface area contributed by atoms with Crippen molar-refractivity contribution in [1.82, 2.24) is 4.98 Å². The summed E-state index contributed by atoms with van der Waals surface area (Å²) in [6.45, 7) is 2.29. The van der Waals surface area contributed by atoms with Gasteiger partial charge in [0.1, 0.15) is 5.75 Å². The molecule has 25 heavy (non-hydrogen) atoms. The van der Waals surface area contributed by atoms with Crippen molar-refractivity contribution in [2.75, 3.05) is 12.4 Å². The molecule has 1 aliphatic rings. The predicted molar refractivity (Wildman–Crippen MR) is 100 cm³/mol. The highest BCUT2D eigenvalue weighted by Gasteiger charge is 2.20. The predicted octanol–water partition coefficient (Wildman–Crippen LogP) is 4.55.